The van der Waals surface area contributed by atoms with E-state index in [2.05, 4.69) is 91.8 Å². The van der Waals surface area contributed by atoms with E-state index in [1.807, 2.05) is 0 Å². The molecule has 0 radical (unpaired) electrons. The summed E-state index contributed by atoms with van der Waals surface area (Å²) in [4.78, 5) is 12.9. The molecule has 2 aromatic rings. The normalized spacial score (nSPS) is 13.2. The second-order valence-corrected chi connectivity index (χ2v) is 12.6. The Morgan fingerprint density at radius 2 is 1.20 bits per heavy atom. The van der Waals surface area contributed by atoms with E-state index in [1.165, 1.54) is 69.4 Å². The van der Waals surface area contributed by atoms with E-state index in [-0.39, 0.29) is 5.54 Å². The maximum Gasteiger partial charge on any atom is 0.260 e. The Bertz CT molecular complexity index is 790. The van der Waals surface area contributed by atoms with Gasteiger partial charge in [0.25, 0.3) is 8.32 Å². The molecular formula is C28H42OSi. The molecule has 0 bridgehead atoms. The number of aryl methyl sites for hydroxylation is 6. The molecule has 2 heteroatoms. The summed E-state index contributed by atoms with van der Waals surface area (Å²) in [6.45, 7) is 17.4. The summed E-state index contributed by atoms with van der Waals surface area (Å²) in [5, 5.41) is 2.45. The Hall–Kier alpha value is -1.64. The van der Waals surface area contributed by atoms with Crippen molar-refractivity contribution in [2.24, 2.45) is 0 Å². The van der Waals surface area contributed by atoms with Crippen LogP contribution in [0.5, 0.6) is 0 Å². The fourth-order valence-corrected chi connectivity index (χ4v) is 10.3. The second kappa shape index (κ2) is 10.6. The minimum absolute atomic E-state index is 0.180. The van der Waals surface area contributed by atoms with Gasteiger partial charge in [-0.25, -0.2) is 0 Å². The maximum atomic E-state index is 12.9. The molecule has 0 aliphatic rings. The number of unbranched alkanes of at least 4 members (excludes halogenated alkanes) is 3. The van der Waals surface area contributed by atoms with Gasteiger partial charge in [0.05, 0.1) is 0 Å². The molecule has 1 unspecified atom stereocenters. The molecular weight excluding hydrogens is 380 g/mol. The van der Waals surface area contributed by atoms with Crippen LogP contribution in [0.3, 0.4) is 0 Å². The SMILES string of the molecule is C/C=C/C(CCCCCC)[Si](O)(c1c(C)cc(C)cc1C)c1c(C)cc(C)cc1C. The van der Waals surface area contributed by atoms with Gasteiger partial charge in [-0.15, -0.1) is 0 Å². The fourth-order valence-electron chi connectivity index (χ4n) is 5.53. The van der Waals surface area contributed by atoms with Crippen LogP contribution >= 0.6 is 0 Å². The number of allylic oxidation sites excluding steroid dienone is 2. The Labute approximate surface area is 186 Å². The highest BCUT2D eigenvalue weighted by atomic mass is 28.4. The molecule has 0 saturated heterocycles. The summed E-state index contributed by atoms with van der Waals surface area (Å²) in [5.74, 6) is 0. The van der Waals surface area contributed by atoms with Crippen LogP contribution in [0.15, 0.2) is 36.4 Å². The van der Waals surface area contributed by atoms with Crippen LogP contribution in [0, 0.1) is 41.5 Å². The van der Waals surface area contributed by atoms with E-state index < -0.39 is 8.32 Å². The van der Waals surface area contributed by atoms with Crippen LogP contribution in [0.4, 0.5) is 0 Å². The van der Waals surface area contributed by atoms with Crippen LogP contribution in [-0.4, -0.2) is 13.1 Å². The molecule has 0 saturated carbocycles. The van der Waals surface area contributed by atoms with Gasteiger partial charge in [0.15, 0.2) is 0 Å². The zero-order valence-corrected chi connectivity index (χ0v) is 21.5. The molecule has 0 spiro atoms. The molecule has 1 atom stereocenters. The first kappa shape index (κ1) is 24.6. The Balaban J connectivity index is 2.78. The lowest BCUT2D eigenvalue weighted by Gasteiger charge is -2.38. The van der Waals surface area contributed by atoms with Crippen molar-refractivity contribution in [2.75, 3.05) is 0 Å². The van der Waals surface area contributed by atoms with E-state index in [9.17, 15) is 4.80 Å². The maximum absolute atomic E-state index is 12.9. The molecule has 30 heavy (non-hydrogen) atoms. The highest BCUT2D eigenvalue weighted by Gasteiger charge is 2.46. The quantitative estimate of drug-likeness (QED) is 0.277. The van der Waals surface area contributed by atoms with Crippen molar-refractivity contribution in [2.45, 2.75) is 93.0 Å². The average Bonchev–Trinajstić information content (AvgIpc) is 2.62. The lowest BCUT2D eigenvalue weighted by atomic mass is 10.1. The molecule has 0 amide bonds. The van der Waals surface area contributed by atoms with Gasteiger partial charge in [0.2, 0.25) is 0 Å². The van der Waals surface area contributed by atoms with Crippen LogP contribution < -0.4 is 10.4 Å². The predicted molar refractivity (Wildman–Crippen MR) is 136 cm³/mol. The standard InChI is InChI=1S/C28H42OSi/c1-9-11-12-13-15-26(14-10-2)30(29,27-22(5)16-20(3)17-23(27)6)28-24(7)18-21(4)19-25(28)8/h10,14,16-19,26,29H,9,11-13,15H2,1-8H3/b14-10+. The first-order valence-corrected chi connectivity index (χ1v) is 13.7. The van der Waals surface area contributed by atoms with E-state index >= 15 is 0 Å². The molecule has 0 aromatic heterocycles. The zero-order valence-electron chi connectivity index (χ0n) is 20.5. The van der Waals surface area contributed by atoms with Crippen LogP contribution in [0.25, 0.3) is 0 Å². The molecule has 0 fully saturated rings. The number of hydrogen-bond donors (Lipinski definition) is 1. The summed E-state index contributed by atoms with van der Waals surface area (Å²) >= 11 is 0. The summed E-state index contributed by atoms with van der Waals surface area (Å²) < 4.78 is 0. The Morgan fingerprint density at radius 3 is 1.57 bits per heavy atom. The zero-order chi connectivity index (χ0) is 22.5. The monoisotopic (exact) mass is 422 g/mol. The van der Waals surface area contributed by atoms with Gasteiger partial charge < -0.3 is 4.80 Å². The first-order valence-electron chi connectivity index (χ1n) is 11.7. The third kappa shape index (κ3) is 5.15. The Kier molecular flexibility index (Phi) is 8.69. The largest absolute Gasteiger partial charge is 0.423 e. The van der Waals surface area contributed by atoms with Gasteiger partial charge in [-0.2, -0.15) is 0 Å². The molecule has 1 nitrogen and oxygen atoms in total. The van der Waals surface area contributed by atoms with Crippen molar-refractivity contribution < 1.29 is 4.80 Å². The molecule has 0 heterocycles. The second-order valence-electron chi connectivity index (χ2n) is 9.30. The third-order valence-electron chi connectivity index (χ3n) is 6.45. The summed E-state index contributed by atoms with van der Waals surface area (Å²) in [7, 11) is -3.02. The van der Waals surface area contributed by atoms with E-state index in [0.29, 0.717) is 0 Å². The van der Waals surface area contributed by atoms with Gasteiger partial charge in [0, 0.05) is 5.54 Å². The molecule has 164 valence electrons. The molecule has 2 rings (SSSR count). The number of hydrogen-bond acceptors (Lipinski definition) is 1. The van der Waals surface area contributed by atoms with Gasteiger partial charge in [-0.1, -0.05) is 80.2 Å². The van der Waals surface area contributed by atoms with Crippen LogP contribution in [0.2, 0.25) is 5.54 Å². The van der Waals surface area contributed by atoms with Gasteiger partial charge >= 0.3 is 0 Å². The van der Waals surface area contributed by atoms with Gasteiger partial charge in [-0.3, -0.25) is 0 Å². The first-order chi connectivity index (χ1) is 14.2. The summed E-state index contributed by atoms with van der Waals surface area (Å²) in [6.07, 6.45) is 10.4. The third-order valence-corrected chi connectivity index (χ3v) is 11.1. The van der Waals surface area contributed by atoms with E-state index in [1.54, 1.807) is 0 Å². The fraction of sp³-hybridized carbons (Fsp3) is 0.500. The van der Waals surface area contributed by atoms with Crippen molar-refractivity contribution in [3.63, 3.8) is 0 Å². The van der Waals surface area contributed by atoms with E-state index in [4.69, 9.17) is 0 Å². The minimum Gasteiger partial charge on any atom is -0.423 e. The van der Waals surface area contributed by atoms with Crippen molar-refractivity contribution in [3.05, 3.63) is 69.8 Å². The van der Waals surface area contributed by atoms with Gasteiger partial charge in [-0.05, 0) is 87.5 Å². The molecule has 2 aromatic carbocycles. The Morgan fingerprint density at radius 1 is 0.767 bits per heavy atom. The van der Waals surface area contributed by atoms with Crippen LogP contribution in [0.1, 0.15) is 79.3 Å². The topological polar surface area (TPSA) is 20.2 Å². The van der Waals surface area contributed by atoms with Gasteiger partial charge in [0.1, 0.15) is 0 Å². The van der Waals surface area contributed by atoms with Crippen molar-refractivity contribution in [1.82, 2.24) is 0 Å². The van der Waals surface area contributed by atoms with Crippen molar-refractivity contribution in [3.8, 4) is 0 Å². The average molecular weight is 423 g/mol. The number of benzene rings is 2. The van der Waals surface area contributed by atoms with Crippen LogP contribution in [-0.2, 0) is 0 Å². The van der Waals surface area contributed by atoms with Crippen molar-refractivity contribution in [1.29, 1.82) is 0 Å². The minimum atomic E-state index is -3.02. The van der Waals surface area contributed by atoms with E-state index in [0.717, 1.165) is 6.42 Å². The molecule has 0 aliphatic carbocycles. The molecule has 0 aliphatic heterocycles. The number of rotatable bonds is 9. The lowest BCUT2D eigenvalue weighted by molar-refractivity contribution is 0.531. The molecule has 1 N–H and O–H groups in total. The summed E-state index contributed by atoms with van der Waals surface area (Å²) in [5.41, 5.74) is 7.68. The smallest absolute Gasteiger partial charge is 0.260 e. The highest BCUT2D eigenvalue weighted by molar-refractivity contribution is 6.99. The van der Waals surface area contributed by atoms with Crippen molar-refractivity contribution >= 4 is 18.7 Å². The predicted octanol–water partition coefficient (Wildman–Crippen LogP) is 6.51. The highest BCUT2D eigenvalue weighted by Crippen LogP contribution is 2.31. The lowest BCUT2D eigenvalue weighted by Crippen LogP contribution is -2.65. The summed E-state index contributed by atoms with van der Waals surface area (Å²) in [6, 6.07) is 9.01.